The van der Waals surface area contributed by atoms with Crippen molar-refractivity contribution < 1.29 is 9.90 Å². The molecule has 2 aliphatic heterocycles. The molecule has 0 spiro atoms. The number of rotatable bonds is 5. The highest BCUT2D eigenvalue weighted by molar-refractivity contribution is 5.78. The predicted octanol–water partition coefficient (Wildman–Crippen LogP) is 4.84. The van der Waals surface area contributed by atoms with Crippen LogP contribution in [0.5, 0.6) is 0 Å². The molecule has 4 fully saturated rings. The molecule has 2 saturated carbocycles. The van der Waals surface area contributed by atoms with Crippen LogP contribution in [0.1, 0.15) is 76.7 Å². The highest BCUT2D eigenvalue weighted by Crippen LogP contribution is 2.47. The lowest BCUT2D eigenvalue weighted by molar-refractivity contribution is -0.137. The predicted molar refractivity (Wildman–Crippen MR) is 153 cm³/mol. The van der Waals surface area contributed by atoms with E-state index < -0.39 is 18.1 Å². The lowest BCUT2D eigenvalue weighted by Crippen LogP contribution is -2.58. The Labute approximate surface area is 233 Å². The van der Waals surface area contributed by atoms with Crippen molar-refractivity contribution in [1.82, 2.24) is 19.0 Å². The molecule has 2 saturated heterocycles. The van der Waals surface area contributed by atoms with E-state index >= 15 is 0 Å². The van der Waals surface area contributed by atoms with Crippen molar-refractivity contribution in [2.75, 3.05) is 0 Å². The number of carbonyl (C=O) groups is 1. The number of para-hydroxylation sites is 2. The minimum absolute atomic E-state index is 0.0844. The van der Waals surface area contributed by atoms with Crippen LogP contribution in [-0.4, -0.2) is 48.2 Å². The first-order chi connectivity index (χ1) is 19.4. The van der Waals surface area contributed by atoms with Crippen molar-refractivity contribution in [2.45, 2.75) is 101 Å². The molecule has 1 N–H and O–H groups in total. The van der Waals surface area contributed by atoms with Crippen LogP contribution < -0.4 is 11.1 Å². The van der Waals surface area contributed by atoms with Gasteiger partial charge in [0.1, 0.15) is 12.2 Å². The Balaban J connectivity index is 1.25. The molecule has 4 bridgehead atoms. The van der Waals surface area contributed by atoms with E-state index in [4.69, 9.17) is 10.1 Å². The van der Waals surface area contributed by atoms with E-state index in [0.717, 1.165) is 40.3 Å². The number of pyridine rings is 1. The van der Waals surface area contributed by atoms with Gasteiger partial charge in [-0.25, -0.2) is 4.98 Å². The van der Waals surface area contributed by atoms with E-state index in [2.05, 4.69) is 4.90 Å². The van der Waals surface area contributed by atoms with E-state index in [9.17, 15) is 14.4 Å². The number of benzene rings is 1. The molecule has 4 heterocycles. The number of nitrogens with zero attached hydrogens (tertiary/aromatic N) is 4. The molecule has 2 aliphatic carbocycles. The summed E-state index contributed by atoms with van der Waals surface area (Å²) in [5.74, 6) is 0.710. The summed E-state index contributed by atoms with van der Waals surface area (Å²) in [6, 6.07) is 12.6. The molecule has 8 nitrogen and oxygen atoms in total. The summed E-state index contributed by atoms with van der Waals surface area (Å²) < 4.78 is 3.10. The second-order valence-electron chi connectivity index (χ2n) is 12.7. The fourth-order valence-corrected chi connectivity index (χ4v) is 8.77. The van der Waals surface area contributed by atoms with Crippen LogP contribution in [0.3, 0.4) is 0 Å². The molecule has 2 aromatic heterocycles. The zero-order chi connectivity index (χ0) is 27.4. The fraction of sp³-hybridized carbons (Fsp3) is 0.562. The SMILES string of the molecule is O=C(O)Cn1ccc(-c2nc3ccccc3n([C@H]3C[C@H]4CCC[C@@H](C3)N4[C@H]3C[C@@H]4CCC[C@@H](C4)C3)c2=O)cc1=O. The Morgan fingerprint density at radius 3 is 2.25 bits per heavy atom. The Kier molecular flexibility index (Phi) is 6.61. The van der Waals surface area contributed by atoms with E-state index in [-0.39, 0.29) is 17.3 Å². The third kappa shape index (κ3) is 4.60. The Hall–Kier alpha value is -3.26. The maximum absolute atomic E-state index is 14.2. The van der Waals surface area contributed by atoms with Gasteiger partial charge in [0.2, 0.25) is 0 Å². The second-order valence-corrected chi connectivity index (χ2v) is 12.7. The van der Waals surface area contributed by atoms with E-state index in [1.165, 1.54) is 70.1 Å². The van der Waals surface area contributed by atoms with Crippen LogP contribution >= 0.6 is 0 Å². The van der Waals surface area contributed by atoms with Gasteiger partial charge in [0.25, 0.3) is 11.1 Å². The molecule has 6 atom stereocenters. The summed E-state index contributed by atoms with van der Waals surface area (Å²) >= 11 is 0. The summed E-state index contributed by atoms with van der Waals surface area (Å²) in [6.45, 7) is -0.418. The standard InChI is InChI=1S/C32H38N4O4/c37-29-16-22(11-12-34(29)19-30(38)39)31-32(40)36(28-10-2-1-9-27(28)33-31)26-17-23-7-4-8-24(18-26)35(23)25-14-20-5-3-6-21(13-20)15-25/h1-2,9-12,16,20-21,23-26H,3-8,13-15,17-19H2,(H,38,39)/t20-,21+,23-,24+,25+,26+. The number of piperidine rings is 2. The highest BCUT2D eigenvalue weighted by Gasteiger charge is 2.45. The van der Waals surface area contributed by atoms with Gasteiger partial charge >= 0.3 is 5.97 Å². The minimum Gasteiger partial charge on any atom is -0.480 e. The smallest absolute Gasteiger partial charge is 0.323 e. The fourth-order valence-electron chi connectivity index (χ4n) is 8.77. The number of fused-ring (bicyclic) bond motifs is 5. The van der Waals surface area contributed by atoms with Gasteiger partial charge in [0.05, 0.1) is 11.0 Å². The highest BCUT2D eigenvalue weighted by atomic mass is 16.4. The summed E-state index contributed by atoms with van der Waals surface area (Å²) in [6.07, 6.45) is 15.4. The zero-order valence-corrected chi connectivity index (χ0v) is 23.0. The first-order valence-electron chi connectivity index (χ1n) is 15.2. The molecular formula is C32H38N4O4. The number of carboxylic acids is 1. The van der Waals surface area contributed by atoms with Gasteiger partial charge in [0, 0.05) is 42.0 Å². The second kappa shape index (κ2) is 10.3. The van der Waals surface area contributed by atoms with Gasteiger partial charge in [-0.2, -0.15) is 0 Å². The summed E-state index contributed by atoms with van der Waals surface area (Å²) in [7, 11) is 0. The van der Waals surface area contributed by atoms with Crippen LogP contribution in [-0.2, 0) is 11.3 Å². The Bertz CT molecular complexity index is 1530. The number of carboxylic acid groups (broad SMARTS) is 1. The van der Waals surface area contributed by atoms with Crippen molar-refractivity contribution in [1.29, 1.82) is 0 Å². The van der Waals surface area contributed by atoms with Crippen molar-refractivity contribution in [3.05, 3.63) is 63.3 Å². The van der Waals surface area contributed by atoms with Crippen LogP contribution in [0.25, 0.3) is 22.3 Å². The van der Waals surface area contributed by atoms with Crippen molar-refractivity contribution in [3.63, 3.8) is 0 Å². The van der Waals surface area contributed by atoms with E-state index in [0.29, 0.717) is 23.7 Å². The number of aromatic nitrogens is 3. The van der Waals surface area contributed by atoms with E-state index in [1.807, 2.05) is 28.8 Å². The molecule has 0 unspecified atom stereocenters. The molecule has 40 heavy (non-hydrogen) atoms. The van der Waals surface area contributed by atoms with Crippen molar-refractivity contribution >= 4 is 17.0 Å². The van der Waals surface area contributed by atoms with Crippen molar-refractivity contribution in [2.24, 2.45) is 11.8 Å². The summed E-state index contributed by atoms with van der Waals surface area (Å²) in [5, 5.41) is 9.10. The van der Waals surface area contributed by atoms with Crippen LogP contribution in [0.15, 0.2) is 52.2 Å². The average Bonchev–Trinajstić information content (AvgIpc) is 2.93. The number of hydrogen-bond acceptors (Lipinski definition) is 5. The monoisotopic (exact) mass is 542 g/mol. The minimum atomic E-state index is -1.09. The third-order valence-electron chi connectivity index (χ3n) is 10.3. The molecular weight excluding hydrogens is 504 g/mol. The van der Waals surface area contributed by atoms with Gasteiger partial charge < -0.3 is 14.2 Å². The summed E-state index contributed by atoms with van der Waals surface area (Å²) in [4.78, 5) is 45.6. The van der Waals surface area contributed by atoms with Crippen molar-refractivity contribution in [3.8, 4) is 11.3 Å². The van der Waals surface area contributed by atoms with Gasteiger partial charge in [0.15, 0.2) is 0 Å². The van der Waals surface area contributed by atoms with Crippen LogP contribution in [0.2, 0.25) is 0 Å². The molecule has 0 radical (unpaired) electrons. The summed E-state index contributed by atoms with van der Waals surface area (Å²) in [5.41, 5.74) is 1.64. The Morgan fingerprint density at radius 1 is 0.850 bits per heavy atom. The molecule has 1 aromatic carbocycles. The molecule has 3 aromatic rings. The Morgan fingerprint density at radius 2 is 1.55 bits per heavy atom. The molecule has 8 heteroatoms. The van der Waals surface area contributed by atoms with Gasteiger partial charge in [-0.1, -0.05) is 37.8 Å². The lowest BCUT2D eigenvalue weighted by atomic mass is 9.68. The maximum atomic E-state index is 14.2. The van der Waals surface area contributed by atoms with Gasteiger partial charge in [-0.15, -0.1) is 0 Å². The molecule has 0 amide bonds. The van der Waals surface area contributed by atoms with Crippen LogP contribution in [0.4, 0.5) is 0 Å². The average molecular weight is 543 g/mol. The first-order valence-corrected chi connectivity index (χ1v) is 15.2. The molecule has 7 rings (SSSR count). The quantitative estimate of drug-likeness (QED) is 0.496. The number of hydrogen-bond donors (Lipinski definition) is 1. The third-order valence-corrected chi connectivity index (χ3v) is 10.3. The first kappa shape index (κ1) is 25.7. The van der Waals surface area contributed by atoms with E-state index in [1.54, 1.807) is 6.07 Å². The number of aliphatic carboxylic acids is 1. The maximum Gasteiger partial charge on any atom is 0.323 e. The van der Waals surface area contributed by atoms with Gasteiger partial charge in [-0.05, 0) is 75.0 Å². The molecule has 210 valence electrons. The van der Waals surface area contributed by atoms with Crippen LogP contribution in [0, 0.1) is 11.8 Å². The normalized spacial score (nSPS) is 30.3. The topological polar surface area (TPSA) is 97.4 Å². The molecule has 4 aliphatic rings. The zero-order valence-electron chi connectivity index (χ0n) is 23.0. The largest absolute Gasteiger partial charge is 0.480 e. The lowest BCUT2D eigenvalue weighted by Gasteiger charge is -2.55. The van der Waals surface area contributed by atoms with Gasteiger partial charge in [-0.3, -0.25) is 19.3 Å².